The molecule has 0 unspecified atom stereocenters. The van der Waals surface area contributed by atoms with Gasteiger partial charge < -0.3 is 0 Å². The van der Waals surface area contributed by atoms with Gasteiger partial charge in [-0.15, -0.1) is 0 Å². The van der Waals surface area contributed by atoms with Crippen molar-refractivity contribution >= 4 is 15.9 Å². The molecule has 1 heteroatoms. The zero-order valence-electron chi connectivity index (χ0n) is 7.19. The third-order valence-electron chi connectivity index (χ3n) is 1.16. The molecule has 0 amide bonds. The number of benzene rings is 1. The van der Waals surface area contributed by atoms with Gasteiger partial charge in [0, 0.05) is 8.02 Å². The fourth-order valence-electron chi connectivity index (χ4n) is 0.617. The number of alkyl halides is 1. The first kappa shape index (κ1) is 4.51. The maximum absolute atomic E-state index is 7.33. The summed E-state index contributed by atoms with van der Waals surface area (Å²) < 4.78 is 14.7. The Morgan fingerprint density at radius 1 is 1.44 bits per heavy atom. The van der Waals surface area contributed by atoms with Gasteiger partial charge in [-0.05, 0) is 12.5 Å². The van der Waals surface area contributed by atoms with Crippen LogP contribution >= 0.6 is 15.9 Å². The molecule has 0 aliphatic rings. The van der Waals surface area contributed by atoms with Crippen LogP contribution in [0.4, 0.5) is 0 Å². The summed E-state index contributed by atoms with van der Waals surface area (Å²) in [7, 11) is 0. The van der Waals surface area contributed by atoms with Crippen molar-refractivity contribution in [2.45, 2.75) is 12.2 Å². The van der Waals surface area contributed by atoms with Crippen molar-refractivity contribution in [1.29, 1.82) is 0 Å². The molecule has 9 heavy (non-hydrogen) atoms. The second-order valence-corrected chi connectivity index (χ2v) is 2.36. The number of aryl methyl sites for hydroxylation is 1. The molecule has 1 rings (SSSR count). The first-order chi connectivity index (χ1) is 5.00. The Kier molecular flexibility index (Phi) is 1.51. The lowest BCUT2D eigenvalue weighted by molar-refractivity contribution is 1.38. The molecule has 0 aliphatic heterocycles. The van der Waals surface area contributed by atoms with Gasteiger partial charge >= 0.3 is 0 Å². The first-order valence-corrected chi connectivity index (χ1v) is 3.55. The largest absolute Gasteiger partial charge is 0.0876 e. The molecule has 1 aromatic carbocycles. The van der Waals surface area contributed by atoms with E-state index in [9.17, 15) is 0 Å². The molecule has 0 saturated heterocycles. The molecule has 0 fully saturated rings. The molecule has 0 bridgehead atoms. The molecule has 0 radical (unpaired) electrons. The van der Waals surface area contributed by atoms with E-state index in [1.807, 2.05) is 19.1 Å². The van der Waals surface area contributed by atoms with E-state index in [0.717, 1.165) is 5.56 Å². The van der Waals surface area contributed by atoms with Gasteiger partial charge in [0.1, 0.15) is 0 Å². The third-order valence-corrected chi connectivity index (χ3v) is 1.62. The molecular weight excluding hydrogens is 176 g/mol. The highest BCUT2D eigenvalue weighted by molar-refractivity contribution is 9.08. The smallest absolute Gasteiger partial charge is 0.0437 e. The molecule has 0 spiro atoms. The number of hydrogen-bond donors (Lipinski definition) is 0. The lowest BCUT2D eigenvalue weighted by Crippen LogP contribution is -1.75. The Hall–Kier alpha value is -0.300. The van der Waals surface area contributed by atoms with Crippen molar-refractivity contribution in [3.8, 4) is 0 Å². The fourth-order valence-corrected chi connectivity index (χ4v) is 0.881. The minimum absolute atomic E-state index is 0.656. The summed E-state index contributed by atoms with van der Waals surface area (Å²) in [5.74, 6) is 0. The highest BCUT2D eigenvalue weighted by Gasteiger charge is 1.85. The van der Waals surface area contributed by atoms with Gasteiger partial charge in [0.25, 0.3) is 0 Å². The Bertz CT molecular complexity index is 235. The van der Waals surface area contributed by atoms with Gasteiger partial charge in [-0.1, -0.05) is 45.8 Å². The molecule has 48 valence electrons. The summed E-state index contributed by atoms with van der Waals surface area (Å²) in [6, 6.07) is 7.36. The Morgan fingerprint density at radius 2 is 2.00 bits per heavy atom. The van der Waals surface area contributed by atoms with Crippen LogP contribution < -0.4 is 0 Å². The first-order valence-electron chi connectivity index (χ1n) is 3.76. The molecule has 0 aromatic heterocycles. The average Bonchev–Trinajstić information content (AvgIpc) is 1.86. The molecule has 1 aromatic rings. The Balaban J connectivity index is 2.99. The van der Waals surface area contributed by atoms with Crippen LogP contribution in [-0.2, 0) is 5.28 Å². The fraction of sp³-hybridized carbons (Fsp3) is 0.250. The second kappa shape index (κ2) is 3.02. The third kappa shape index (κ3) is 1.83. The topological polar surface area (TPSA) is 0 Å². The molecular formula is C8H9Br. The molecule has 0 nitrogen and oxygen atoms in total. The van der Waals surface area contributed by atoms with Crippen LogP contribution in [0.1, 0.15) is 13.9 Å². The zero-order valence-corrected chi connectivity index (χ0v) is 6.77. The van der Waals surface area contributed by atoms with Gasteiger partial charge in [0.2, 0.25) is 0 Å². The van der Waals surface area contributed by atoms with Crippen molar-refractivity contribution in [1.82, 2.24) is 0 Å². The summed E-state index contributed by atoms with van der Waals surface area (Å²) in [4.78, 5) is 0. The number of hydrogen-bond acceptors (Lipinski definition) is 0. The van der Waals surface area contributed by atoms with Crippen molar-refractivity contribution in [3.63, 3.8) is 0 Å². The molecule has 0 atom stereocenters. The van der Waals surface area contributed by atoms with E-state index >= 15 is 0 Å². The van der Waals surface area contributed by atoms with Crippen LogP contribution in [0.5, 0.6) is 0 Å². The Morgan fingerprint density at radius 3 is 2.44 bits per heavy atom. The van der Waals surface area contributed by atoms with E-state index in [1.165, 1.54) is 0 Å². The second-order valence-electron chi connectivity index (χ2n) is 1.96. The van der Waals surface area contributed by atoms with Gasteiger partial charge in [0.05, 0.1) is 0 Å². The minimum Gasteiger partial charge on any atom is -0.0876 e. The van der Waals surface area contributed by atoms with Crippen LogP contribution in [0.3, 0.4) is 0 Å². The van der Waals surface area contributed by atoms with Gasteiger partial charge in [-0.2, -0.15) is 0 Å². The van der Waals surface area contributed by atoms with E-state index < -0.39 is 5.28 Å². The molecule has 0 aliphatic carbocycles. The average molecular weight is 189 g/mol. The molecule has 0 heterocycles. The van der Waals surface area contributed by atoms with Crippen molar-refractivity contribution in [2.75, 3.05) is 0 Å². The van der Waals surface area contributed by atoms with E-state index in [0.29, 0.717) is 5.56 Å². The SMILES string of the molecule is [3H]C([3H])(Br)c1ccc(C)cc1. The van der Waals surface area contributed by atoms with Gasteiger partial charge in [0.15, 0.2) is 0 Å². The van der Waals surface area contributed by atoms with E-state index in [4.69, 9.17) is 2.74 Å². The van der Waals surface area contributed by atoms with Crippen molar-refractivity contribution in [2.24, 2.45) is 0 Å². The van der Waals surface area contributed by atoms with Crippen LogP contribution in [0.2, 0.25) is 0 Å². The zero-order chi connectivity index (χ0) is 8.48. The summed E-state index contributed by atoms with van der Waals surface area (Å²) in [6.45, 7) is 1.98. The normalized spacial score (nSPS) is 14.4. The van der Waals surface area contributed by atoms with Crippen molar-refractivity contribution in [3.05, 3.63) is 35.4 Å². The van der Waals surface area contributed by atoms with E-state index in [2.05, 4.69) is 15.9 Å². The monoisotopic (exact) mass is 188 g/mol. The Labute approximate surface area is 66.8 Å². The lowest BCUT2D eigenvalue weighted by Gasteiger charge is -1.93. The number of rotatable bonds is 1. The van der Waals surface area contributed by atoms with Crippen LogP contribution in [0, 0.1) is 6.92 Å². The number of halogens is 1. The minimum atomic E-state index is -1.40. The van der Waals surface area contributed by atoms with Gasteiger partial charge in [-0.25, -0.2) is 0 Å². The predicted molar refractivity (Wildman–Crippen MR) is 43.8 cm³/mol. The summed E-state index contributed by atoms with van der Waals surface area (Å²) in [5, 5.41) is -1.40. The predicted octanol–water partition coefficient (Wildman–Crippen LogP) is 2.89. The quantitative estimate of drug-likeness (QED) is 0.596. The maximum Gasteiger partial charge on any atom is 0.0437 e. The lowest BCUT2D eigenvalue weighted by atomic mass is 10.2. The summed E-state index contributed by atoms with van der Waals surface area (Å²) in [5.41, 5.74) is 1.80. The van der Waals surface area contributed by atoms with E-state index in [1.54, 1.807) is 12.1 Å². The highest BCUT2D eigenvalue weighted by atomic mass is 79.9. The standard InChI is InChI=1S/C8H9Br/c1-7-2-4-8(6-9)5-3-7/h2-5H,6H2,1H3/i6T2. The van der Waals surface area contributed by atoms with E-state index in [-0.39, 0.29) is 0 Å². The summed E-state index contributed by atoms with van der Waals surface area (Å²) in [6.07, 6.45) is 0. The van der Waals surface area contributed by atoms with Crippen LogP contribution in [0.15, 0.2) is 24.3 Å². The highest BCUT2D eigenvalue weighted by Crippen LogP contribution is 2.05. The maximum atomic E-state index is 7.33. The molecule has 0 saturated carbocycles. The summed E-state index contributed by atoms with van der Waals surface area (Å²) >= 11 is 2.94. The van der Waals surface area contributed by atoms with Gasteiger partial charge in [-0.3, -0.25) is 0 Å². The van der Waals surface area contributed by atoms with Crippen LogP contribution in [0.25, 0.3) is 0 Å². The van der Waals surface area contributed by atoms with Crippen molar-refractivity contribution < 1.29 is 2.74 Å². The van der Waals surface area contributed by atoms with Crippen LogP contribution in [-0.4, -0.2) is 0 Å². The molecule has 0 N–H and O–H groups in total.